The van der Waals surface area contributed by atoms with Gasteiger partial charge in [-0.2, -0.15) is 0 Å². The third-order valence-electron chi connectivity index (χ3n) is 3.57. The van der Waals surface area contributed by atoms with E-state index in [2.05, 4.69) is 5.32 Å². The van der Waals surface area contributed by atoms with Crippen LogP contribution in [0.4, 0.5) is 4.79 Å². The van der Waals surface area contributed by atoms with Crippen molar-refractivity contribution in [2.45, 2.75) is 44.2 Å². The van der Waals surface area contributed by atoms with Crippen molar-refractivity contribution in [3.05, 3.63) is 0 Å². The van der Waals surface area contributed by atoms with Crippen LogP contribution in [0.5, 0.6) is 0 Å². The van der Waals surface area contributed by atoms with E-state index in [1.165, 1.54) is 4.90 Å². The van der Waals surface area contributed by atoms with Crippen molar-refractivity contribution in [3.63, 3.8) is 0 Å². The SMILES string of the molecule is CN(CC1CC(O)C1)C(=O)N[C@H](CCCC(=O)O)C(=O)O. The van der Waals surface area contributed by atoms with E-state index in [1.54, 1.807) is 7.05 Å². The van der Waals surface area contributed by atoms with Crippen LogP contribution in [0.25, 0.3) is 0 Å². The number of carboxylic acids is 2. The van der Waals surface area contributed by atoms with Gasteiger partial charge in [0.15, 0.2) is 0 Å². The van der Waals surface area contributed by atoms with E-state index in [-0.39, 0.29) is 31.3 Å². The molecule has 1 rings (SSSR count). The lowest BCUT2D eigenvalue weighted by Gasteiger charge is -2.34. The predicted octanol–water partition coefficient (Wildman–Crippen LogP) is 0.107. The maximum absolute atomic E-state index is 11.9. The fourth-order valence-electron chi connectivity index (χ4n) is 2.29. The lowest BCUT2D eigenvalue weighted by molar-refractivity contribution is -0.140. The topological polar surface area (TPSA) is 127 Å². The van der Waals surface area contributed by atoms with Gasteiger partial charge in [0.25, 0.3) is 0 Å². The number of aliphatic hydroxyl groups excluding tert-OH is 1. The summed E-state index contributed by atoms with van der Waals surface area (Å²) in [4.78, 5) is 34.7. The van der Waals surface area contributed by atoms with E-state index in [9.17, 15) is 19.5 Å². The molecule has 0 heterocycles. The smallest absolute Gasteiger partial charge is 0.326 e. The number of rotatable bonds is 8. The number of carboxylic acid groups (broad SMARTS) is 2. The summed E-state index contributed by atoms with van der Waals surface area (Å²) < 4.78 is 0. The van der Waals surface area contributed by atoms with Crippen LogP contribution < -0.4 is 5.32 Å². The third-order valence-corrected chi connectivity index (χ3v) is 3.57. The Balaban J connectivity index is 2.36. The van der Waals surface area contributed by atoms with E-state index in [0.29, 0.717) is 19.4 Å². The van der Waals surface area contributed by atoms with Crippen molar-refractivity contribution >= 4 is 18.0 Å². The monoisotopic (exact) mass is 302 g/mol. The molecule has 21 heavy (non-hydrogen) atoms. The number of hydrogen-bond acceptors (Lipinski definition) is 4. The maximum atomic E-state index is 11.9. The summed E-state index contributed by atoms with van der Waals surface area (Å²) in [5.74, 6) is -1.93. The highest BCUT2D eigenvalue weighted by Gasteiger charge is 2.30. The molecule has 0 spiro atoms. The van der Waals surface area contributed by atoms with Gasteiger partial charge in [0.2, 0.25) is 0 Å². The van der Waals surface area contributed by atoms with Crippen LogP contribution in [0.15, 0.2) is 0 Å². The molecule has 1 atom stereocenters. The normalized spacial score (nSPS) is 22.0. The van der Waals surface area contributed by atoms with Crippen molar-refractivity contribution in [1.82, 2.24) is 10.2 Å². The highest BCUT2D eigenvalue weighted by atomic mass is 16.4. The van der Waals surface area contributed by atoms with Crippen LogP contribution in [0, 0.1) is 5.92 Å². The van der Waals surface area contributed by atoms with Crippen LogP contribution in [0.3, 0.4) is 0 Å². The van der Waals surface area contributed by atoms with E-state index in [4.69, 9.17) is 10.2 Å². The van der Waals surface area contributed by atoms with E-state index in [0.717, 1.165) is 0 Å². The van der Waals surface area contributed by atoms with E-state index in [1.807, 2.05) is 0 Å². The average molecular weight is 302 g/mol. The lowest BCUT2D eigenvalue weighted by Crippen LogP contribution is -2.49. The molecule has 0 unspecified atom stereocenters. The molecule has 1 aliphatic carbocycles. The summed E-state index contributed by atoms with van der Waals surface area (Å²) in [6, 6.07) is -1.59. The molecule has 120 valence electrons. The minimum Gasteiger partial charge on any atom is -0.481 e. The summed E-state index contributed by atoms with van der Waals surface area (Å²) in [7, 11) is 1.57. The van der Waals surface area contributed by atoms with Crippen molar-refractivity contribution in [2.75, 3.05) is 13.6 Å². The minimum atomic E-state index is -1.18. The first-order valence-electron chi connectivity index (χ1n) is 6.94. The Morgan fingerprint density at radius 2 is 1.90 bits per heavy atom. The molecule has 1 saturated carbocycles. The van der Waals surface area contributed by atoms with Gasteiger partial charge < -0.3 is 25.5 Å². The molecule has 4 N–H and O–H groups in total. The van der Waals surface area contributed by atoms with Gasteiger partial charge in [-0.1, -0.05) is 0 Å². The van der Waals surface area contributed by atoms with Gasteiger partial charge >= 0.3 is 18.0 Å². The summed E-state index contributed by atoms with van der Waals surface area (Å²) in [5, 5.41) is 29.1. The van der Waals surface area contributed by atoms with Crippen molar-refractivity contribution in [3.8, 4) is 0 Å². The van der Waals surface area contributed by atoms with Gasteiger partial charge in [-0.15, -0.1) is 0 Å². The fraction of sp³-hybridized carbons (Fsp3) is 0.769. The molecule has 0 aromatic rings. The second kappa shape index (κ2) is 7.82. The average Bonchev–Trinajstić information content (AvgIpc) is 2.34. The van der Waals surface area contributed by atoms with Crippen molar-refractivity contribution < 1.29 is 29.7 Å². The number of carbonyl (C=O) groups excluding carboxylic acids is 1. The van der Waals surface area contributed by atoms with Crippen LogP contribution in [-0.2, 0) is 9.59 Å². The molecule has 1 fully saturated rings. The maximum Gasteiger partial charge on any atom is 0.326 e. The molecular weight excluding hydrogens is 280 g/mol. The third kappa shape index (κ3) is 5.99. The Morgan fingerprint density at radius 1 is 1.29 bits per heavy atom. The first-order chi connectivity index (χ1) is 9.79. The Bertz CT molecular complexity index is 394. The molecule has 8 nitrogen and oxygen atoms in total. The minimum absolute atomic E-state index is 0.0728. The summed E-state index contributed by atoms with van der Waals surface area (Å²) in [5.41, 5.74) is 0. The lowest BCUT2D eigenvalue weighted by atomic mass is 9.82. The first-order valence-corrected chi connectivity index (χ1v) is 6.94. The first kappa shape index (κ1) is 17.2. The van der Waals surface area contributed by atoms with Crippen LogP contribution in [0.1, 0.15) is 32.1 Å². The molecule has 0 saturated heterocycles. The summed E-state index contributed by atoms with van der Waals surface area (Å²) in [6.07, 6.45) is 1.13. The van der Waals surface area contributed by atoms with Gasteiger partial charge in [-0.3, -0.25) is 4.79 Å². The van der Waals surface area contributed by atoms with Crippen molar-refractivity contribution in [1.29, 1.82) is 0 Å². The Kier molecular flexibility index (Phi) is 6.41. The number of urea groups is 1. The van der Waals surface area contributed by atoms with Crippen LogP contribution >= 0.6 is 0 Å². The Morgan fingerprint density at radius 3 is 2.38 bits per heavy atom. The summed E-state index contributed by atoms with van der Waals surface area (Å²) >= 11 is 0. The molecule has 0 aromatic carbocycles. The van der Waals surface area contributed by atoms with Gasteiger partial charge in [-0.25, -0.2) is 9.59 Å². The molecule has 0 aromatic heterocycles. The number of carbonyl (C=O) groups is 3. The number of nitrogens with one attached hydrogen (secondary N) is 1. The zero-order valence-corrected chi connectivity index (χ0v) is 12.0. The predicted molar refractivity (Wildman–Crippen MR) is 72.8 cm³/mol. The van der Waals surface area contributed by atoms with E-state index >= 15 is 0 Å². The van der Waals surface area contributed by atoms with E-state index < -0.39 is 24.0 Å². The Hall–Kier alpha value is -1.83. The summed E-state index contributed by atoms with van der Waals surface area (Å²) in [6.45, 7) is 0.463. The largest absolute Gasteiger partial charge is 0.481 e. The molecule has 0 radical (unpaired) electrons. The molecule has 0 bridgehead atoms. The van der Waals surface area contributed by atoms with Gasteiger partial charge in [0.1, 0.15) is 6.04 Å². The van der Waals surface area contributed by atoms with Gasteiger partial charge in [-0.05, 0) is 31.6 Å². The number of amides is 2. The highest BCUT2D eigenvalue weighted by Crippen LogP contribution is 2.27. The fourth-order valence-corrected chi connectivity index (χ4v) is 2.29. The molecule has 0 aliphatic heterocycles. The highest BCUT2D eigenvalue weighted by molar-refractivity contribution is 5.82. The number of aliphatic hydroxyl groups is 1. The number of nitrogens with zero attached hydrogens (tertiary/aromatic N) is 1. The Labute approximate surface area is 122 Å². The van der Waals surface area contributed by atoms with Crippen LogP contribution in [-0.4, -0.2) is 63.9 Å². The molecule has 2 amide bonds. The molecule has 1 aliphatic rings. The quantitative estimate of drug-likeness (QED) is 0.504. The van der Waals surface area contributed by atoms with Gasteiger partial charge in [0.05, 0.1) is 6.10 Å². The second-order valence-corrected chi connectivity index (χ2v) is 5.50. The number of aliphatic carboxylic acids is 2. The second-order valence-electron chi connectivity index (χ2n) is 5.50. The molecular formula is C13H22N2O6. The molecule has 8 heteroatoms. The van der Waals surface area contributed by atoms with Crippen LogP contribution in [0.2, 0.25) is 0 Å². The zero-order chi connectivity index (χ0) is 16.0. The standard InChI is InChI=1S/C13H22N2O6/c1-15(7-8-5-9(16)6-8)13(21)14-10(12(19)20)3-2-4-11(17)18/h8-10,16H,2-7H2,1H3,(H,14,21)(H,17,18)(H,19,20)/t8?,9?,10-/m1/s1. The zero-order valence-electron chi connectivity index (χ0n) is 12.0. The number of hydrogen-bond donors (Lipinski definition) is 4. The van der Waals surface area contributed by atoms with Gasteiger partial charge in [0, 0.05) is 20.0 Å². The van der Waals surface area contributed by atoms with Crippen molar-refractivity contribution in [2.24, 2.45) is 5.92 Å².